The van der Waals surface area contributed by atoms with Crippen LogP contribution in [0.2, 0.25) is 0 Å². The minimum Gasteiger partial charge on any atom is -0.350 e. The van der Waals surface area contributed by atoms with E-state index in [1.54, 1.807) is 0 Å². The second kappa shape index (κ2) is 9.78. The van der Waals surface area contributed by atoms with Crippen molar-refractivity contribution in [2.45, 2.75) is 25.7 Å². The summed E-state index contributed by atoms with van der Waals surface area (Å²) in [6, 6.07) is -2.20. The number of amides is 4. The van der Waals surface area contributed by atoms with Crippen LogP contribution in [0.5, 0.6) is 0 Å². The number of hydroxylamine groups is 4. The summed E-state index contributed by atoms with van der Waals surface area (Å²) < 4.78 is 0. The number of urea groups is 2. The van der Waals surface area contributed by atoms with Gasteiger partial charge in [0.2, 0.25) is 0 Å². The van der Waals surface area contributed by atoms with Gasteiger partial charge in [-0.05, 0) is 12.8 Å². The minimum atomic E-state index is -1.16. The average molecular weight is 324 g/mol. The van der Waals surface area contributed by atoms with Gasteiger partial charge in [0, 0.05) is 0 Å². The van der Waals surface area contributed by atoms with Crippen LogP contribution in [0.15, 0.2) is 0 Å². The molecular formula is C8H16N6O8. The molecule has 0 aliphatic rings. The number of carbonyl (C=O) groups excluding carboxylic acids is 2. The fraction of sp³-hybridized carbons (Fsp3) is 0.750. The Morgan fingerprint density at radius 2 is 1.14 bits per heavy atom. The smallest absolute Gasteiger partial charge is 0.338 e. The van der Waals surface area contributed by atoms with Gasteiger partial charge in [-0.2, -0.15) is 20.0 Å². The maximum Gasteiger partial charge on any atom is 0.338 e. The lowest BCUT2D eigenvalue weighted by Crippen LogP contribution is -2.38. The Labute approximate surface area is 123 Å². The molecule has 0 aliphatic carbocycles. The van der Waals surface area contributed by atoms with Crippen LogP contribution in [-0.4, -0.2) is 45.5 Å². The van der Waals surface area contributed by atoms with Gasteiger partial charge in [0.05, 0.1) is 13.1 Å². The van der Waals surface area contributed by atoms with E-state index in [1.165, 1.54) is 0 Å². The SMILES string of the molecule is NC(=O)N(CCCCCCN(O[N+](=O)[O-])C(N)=O)O[N+](=O)[O-]. The molecule has 0 aromatic rings. The molecule has 22 heavy (non-hydrogen) atoms. The lowest BCUT2D eigenvalue weighted by Gasteiger charge is -2.17. The van der Waals surface area contributed by atoms with Crippen molar-refractivity contribution in [2.75, 3.05) is 13.1 Å². The molecule has 4 amide bonds. The number of primary amides is 2. The van der Waals surface area contributed by atoms with E-state index in [0.29, 0.717) is 35.8 Å². The van der Waals surface area contributed by atoms with Crippen LogP contribution in [0.3, 0.4) is 0 Å². The van der Waals surface area contributed by atoms with Gasteiger partial charge in [0.15, 0.2) is 0 Å². The maximum absolute atomic E-state index is 10.8. The molecule has 0 unspecified atom stereocenters. The van der Waals surface area contributed by atoms with Gasteiger partial charge in [0.1, 0.15) is 0 Å². The molecule has 0 aromatic heterocycles. The van der Waals surface area contributed by atoms with Crippen molar-refractivity contribution in [3.05, 3.63) is 20.2 Å². The lowest BCUT2D eigenvalue weighted by atomic mass is 10.2. The highest BCUT2D eigenvalue weighted by Gasteiger charge is 2.15. The number of rotatable bonds is 11. The van der Waals surface area contributed by atoms with Gasteiger partial charge in [0.25, 0.3) is 0 Å². The van der Waals surface area contributed by atoms with Gasteiger partial charge >= 0.3 is 22.2 Å². The molecule has 0 atom stereocenters. The molecular weight excluding hydrogens is 308 g/mol. The van der Waals surface area contributed by atoms with Crippen LogP contribution in [0.1, 0.15) is 25.7 Å². The Bertz CT molecular complexity index is 379. The van der Waals surface area contributed by atoms with Gasteiger partial charge in [-0.15, -0.1) is 20.2 Å². The zero-order valence-electron chi connectivity index (χ0n) is 11.5. The monoisotopic (exact) mass is 324 g/mol. The van der Waals surface area contributed by atoms with Gasteiger partial charge < -0.3 is 11.5 Å². The molecule has 0 aliphatic heterocycles. The predicted molar refractivity (Wildman–Crippen MR) is 67.2 cm³/mol. The number of nitrogens with two attached hydrogens (primary N) is 2. The summed E-state index contributed by atoms with van der Waals surface area (Å²) in [7, 11) is 0. The summed E-state index contributed by atoms with van der Waals surface area (Å²) in [5.41, 5.74) is 9.73. The van der Waals surface area contributed by atoms with Crippen molar-refractivity contribution in [3.63, 3.8) is 0 Å². The molecule has 14 nitrogen and oxygen atoms in total. The van der Waals surface area contributed by atoms with Crippen molar-refractivity contribution < 1.29 is 29.6 Å². The molecule has 0 heterocycles. The zero-order chi connectivity index (χ0) is 17.1. The molecule has 14 heteroatoms. The molecule has 0 aromatic carbocycles. The Kier molecular flexibility index (Phi) is 8.42. The average Bonchev–Trinajstić information content (AvgIpc) is 2.38. The minimum absolute atomic E-state index is 0.0960. The third-order valence-electron chi connectivity index (χ3n) is 2.29. The molecule has 0 rings (SSSR count). The highest BCUT2D eigenvalue weighted by molar-refractivity contribution is 5.70. The quantitative estimate of drug-likeness (QED) is 0.289. The fourth-order valence-electron chi connectivity index (χ4n) is 1.41. The van der Waals surface area contributed by atoms with Crippen LogP contribution < -0.4 is 11.5 Å². The van der Waals surface area contributed by atoms with E-state index in [1.807, 2.05) is 0 Å². The standard InChI is InChI=1S/C8H16N6O8/c9-7(15)11(21-13(17)18)5-3-1-2-4-6-12(8(10)16)22-14(19)20/h1-6H2,(H2,9,15)(H2,10,16). The molecule has 4 N–H and O–H groups in total. The van der Waals surface area contributed by atoms with Gasteiger partial charge in [-0.1, -0.05) is 12.8 Å². The van der Waals surface area contributed by atoms with Gasteiger partial charge in [-0.3, -0.25) is 0 Å². The van der Waals surface area contributed by atoms with E-state index in [9.17, 15) is 29.8 Å². The Morgan fingerprint density at radius 3 is 1.36 bits per heavy atom. The number of nitrogens with zero attached hydrogens (tertiary/aromatic N) is 4. The van der Waals surface area contributed by atoms with E-state index in [0.717, 1.165) is 0 Å². The summed E-state index contributed by atoms with van der Waals surface area (Å²) >= 11 is 0. The molecule has 0 saturated carbocycles. The Balaban J connectivity index is 3.91. The van der Waals surface area contributed by atoms with Crippen LogP contribution in [0.25, 0.3) is 0 Å². The van der Waals surface area contributed by atoms with E-state index >= 15 is 0 Å². The normalized spacial score (nSPS) is 9.64. The maximum atomic E-state index is 10.8. The van der Waals surface area contributed by atoms with E-state index < -0.39 is 22.2 Å². The summed E-state index contributed by atoms with van der Waals surface area (Å²) in [5, 5.41) is 18.6. The number of unbranched alkanes of at least 4 members (excludes halogenated alkanes) is 3. The molecule has 0 saturated heterocycles. The number of hydrogen-bond acceptors (Lipinski definition) is 8. The molecule has 0 radical (unpaired) electrons. The van der Waals surface area contributed by atoms with Crippen molar-refractivity contribution >= 4 is 12.1 Å². The summed E-state index contributed by atoms with van der Waals surface area (Å²) in [6.07, 6.45) is 1.67. The van der Waals surface area contributed by atoms with Crippen molar-refractivity contribution in [1.82, 2.24) is 10.1 Å². The van der Waals surface area contributed by atoms with Crippen molar-refractivity contribution in [3.8, 4) is 0 Å². The van der Waals surface area contributed by atoms with Crippen LogP contribution in [0, 0.1) is 20.2 Å². The van der Waals surface area contributed by atoms with E-state index in [4.69, 9.17) is 11.5 Å². The summed E-state index contributed by atoms with van der Waals surface area (Å²) in [4.78, 5) is 49.7. The van der Waals surface area contributed by atoms with Gasteiger partial charge in [-0.25, -0.2) is 9.59 Å². The second-order valence-electron chi connectivity index (χ2n) is 3.91. The third-order valence-corrected chi connectivity index (χ3v) is 2.29. The molecule has 0 bridgehead atoms. The first-order valence-electron chi connectivity index (χ1n) is 6.03. The van der Waals surface area contributed by atoms with E-state index in [-0.39, 0.29) is 13.1 Å². The predicted octanol–water partition coefficient (Wildman–Crippen LogP) is -0.445. The molecule has 126 valence electrons. The summed E-state index contributed by atoms with van der Waals surface area (Å²) in [5.74, 6) is 0. The molecule has 0 spiro atoms. The third kappa shape index (κ3) is 8.94. The number of carbonyl (C=O) groups is 2. The Morgan fingerprint density at radius 1 is 0.818 bits per heavy atom. The highest BCUT2D eigenvalue weighted by Crippen LogP contribution is 2.05. The lowest BCUT2D eigenvalue weighted by molar-refractivity contribution is -0.803. The molecule has 0 fully saturated rings. The van der Waals surface area contributed by atoms with E-state index in [2.05, 4.69) is 9.88 Å². The largest absolute Gasteiger partial charge is 0.350 e. The topological polar surface area (TPSA) is 197 Å². The Hall–Kier alpha value is -3.06. The van der Waals surface area contributed by atoms with Crippen LogP contribution in [-0.2, 0) is 9.88 Å². The highest BCUT2D eigenvalue weighted by atomic mass is 17.0. The first-order valence-corrected chi connectivity index (χ1v) is 6.03. The second-order valence-corrected chi connectivity index (χ2v) is 3.91. The van der Waals surface area contributed by atoms with Crippen LogP contribution in [0.4, 0.5) is 9.59 Å². The number of hydrogen-bond donors (Lipinski definition) is 2. The van der Waals surface area contributed by atoms with Crippen molar-refractivity contribution in [2.24, 2.45) is 11.5 Å². The fourth-order valence-corrected chi connectivity index (χ4v) is 1.41. The zero-order valence-corrected chi connectivity index (χ0v) is 11.5. The summed E-state index contributed by atoms with van der Waals surface area (Å²) in [6.45, 7) is -0.192. The first-order chi connectivity index (χ1) is 10.2. The van der Waals surface area contributed by atoms with Crippen LogP contribution >= 0.6 is 0 Å². The first kappa shape index (κ1) is 18.9. The van der Waals surface area contributed by atoms with Crippen molar-refractivity contribution in [1.29, 1.82) is 0 Å².